The second-order valence-electron chi connectivity index (χ2n) is 6.51. The summed E-state index contributed by atoms with van der Waals surface area (Å²) in [6.45, 7) is 11.1. The van der Waals surface area contributed by atoms with Crippen LogP contribution >= 0.6 is 0 Å². The molecule has 0 aromatic heterocycles. The van der Waals surface area contributed by atoms with Gasteiger partial charge in [-0.1, -0.05) is 45.8 Å². The van der Waals surface area contributed by atoms with E-state index in [2.05, 4.69) is 30.6 Å². The van der Waals surface area contributed by atoms with Gasteiger partial charge in [-0.3, -0.25) is 10.0 Å². The lowest BCUT2D eigenvalue weighted by atomic mass is 10.1. The smallest absolute Gasteiger partial charge is 0.267 e. The molecule has 0 heterocycles. The molecule has 1 amide bonds. The molecule has 1 aromatic carbocycles. The van der Waals surface area contributed by atoms with E-state index in [9.17, 15) is 4.79 Å². The molecule has 0 atom stereocenters. The largest absolute Gasteiger partial charge is 0.397 e. The number of hydrogen-bond donors (Lipinski definition) is 4. The van der Waals surface area contributed by atoms with Gasteiger partial charge in [0.1, 0.15) is 0 Å². The fourth-order valence-electron chi connectivity index (χ4n) is 2.84. The van der Waals surface area contributed by atoms with Crippen molar-refractivity contribution in [1.82, 2.24) is 10.8 Å². The molecule has 0 saturated carbocycles. The molecule has 150 valence electrons. The molecule has 6 heteroatoms. The third kappa shape index (κ3) is 8.28. The van der Waals surface area contributed by atoms with Crippen LogP contribution in [-0.4, -0.2) is 30.7 Å². The summed E-state index contributed by atoms with van der Waals surface area (Å²) >= 11 is 0. The molecular weight excluding hydrogens is 340 g/mol. The number of hydroxylamine groups is 1. The first-order valence-electron chi connectivity index (χ1n) is 9.71. The van der Waals surface area contributed by atoms with E-state index in [1.807, 2.05) is 18.2 Å². The van der Waals surface area contributed by atoms with Crippen LogP contribution in [0.5, 0.6) is 0 Å². The van der Waals surface area contributed by atoms with E-state index in [4.69, 9.17) is 10.9 Å². The number of amides is 1. The van der Waals surface area contributed by atoms with E-state index >= 15 is 0 Å². The predicted octanol–water partition coefficient (Wildman–Crippen LogP) is 3.69. The number of unbranched alkanes of at least 4 members (excludes halogenated alkanes) is 3. The average molecular weight is 375 g/mol. The van der Waals surface area contributed by atoms with Gasteiger partial charge in [0.25, 0.3) is 5.91 Å². The Morgan fingerprint density at radius 2 is 2.07 bits per heavy atom. The third-order valence-electron chi connectivity index (χ3n) is 4.34. The van der Waals surface area contributed by atoms with Crippen LogP contribution in [0.25, 0.3) is 6.08 Å². The molecule has 0 aliphatic heterocycles. The molecule has 0 radical (unpaired) electrons. The van der Waals surface area contributed by atoms with Crippen molar-refractivity contribution >= 4 is 23.4 Å². The molecule has 0 aliphatic rings. The van der Waals surface area contributed by atoms with Gasteiger partial charge in [0, 0.05) is 24.9 Å². The Bertz CT molecular complexity index is 629. The summed E-state index contributed by atoms with van der Waals surface area (Å²) in [6.07, 6.45) is 8.61. The number of nitrogen functional groups attached to an aromatic ring is 1. The molecule has 5 N–H and O–H groups in total. The van der Waals surface area contributed by atoms with E-state index in [0.29, 0.717) is 5.69 Å². The second-order valence-corrected chi connectivity index (χ2v) is 6.51. The van der Waals surface area contributed by atoms with Crippen molar-refractivity contribution in [3.8, 4) is 0 Å². The first-order chi connectivity index (χ1) is 13.0. The SMILES string of the molecule is C=C(CCCCCC)N(CCNCC)c1ccc(/C=C/C(=O)NO)cc1N. The lowest BCUT2D eigenvalue weighted by Gasteiger charge is -2.28. The van der Waals surface area contributed by atoms with Gasteiger partial charge in [0.05, 0.1) is 11.4 Å². The standard InChI is InChI=1S/C21H34N4O2/c1-4-6-7-8-9-17(3)25(15-14-23-5-2)20-12-10-18(16-19(20)22)11-13-21(26)24-27/h10-13,16,23,27H,3-9,14-15,22H2,1-2H3,(H,24,26)/b13-11+. The lowest BCUT2D eigenvalue weighted by Crippen LogP contribution is -2.31. The Morgan fingerprint density at radius 3 is 2.70 bits per heavy atom. The van der Waals surface area contributed by atoms with Gasteiger partial charge >= 0.3 is 0 Å². The number of anilines is 2. The number of hydrogen-bond acceptors (Lipinski definition) is 5. The quantitative estimate of drug-likeness (QED) is 0.139. The van der Waals surface area contributed by atoms with Crippen LogP contribution in [0.1, 0.15) is 51.5 Å². The predicted molar refractivity (Wildman–Crippen MR) is 114 cm³/mol. The summed E-state index contributed by atoms with van der Waals surface area (Å²) in [5.74, 6) is -0.578. The summed E-state index contributed by atoms with van der Waals surface area (Å²) in [4.78, 5) is 13.3. The average Bonchev–Trinajstić information content (AvgIpc) is 2.67. The first kappa shape index (κ1) is 22.7. The molecule has 0 fully saturated rings. The van der Waals surface area contributed by atoms with E-state index in [1.165, 1.54) is 25.3 Å². The summed E-state index contributed by atoms with van der Waals surface area (Å²) in [7, 11) is 0. The van der Waals surface area contributed by atoms with E-state index in [0.717, 1.165) is 49.4 Å². The van der Waals surface area contributed by atoms with E-state index in [-0.39, 0.29) is 0 Å². The van der Waals surface area contributed by atoms with Crippen molar-refractivity contribution < 1.29 is 10.0 Å². The Morgan fingerprint density at radius 1 is 1.30 bits per heavy atom. The Hall–Kier alpha value is -2.31. The maximum atomic E-state index is 11.1. The van der Waals surface area contributed by atoms with Crippen molar-refractivity contribution in [1.29, 1.82) is 0 Å². The highest BCUT2D eigenvalue weighted by Crippen LogP contribution is 2.29. The minimum absolute atomic E-state index is 0.578. The number of rotatable bonds is 13. The number of likely N-dealkylation sites (N-methyl/N-ethyl adjacent to an activating group) is 1. The van der Waals surface area contributed by atoms with Gasteiger partial charge in [0.15, 0.2) is 0 Å². The minimum Gasteiger partial charge on any atom is -0.397 e. The fraction of sp³-hybridized carbons (Fsp3) is 0.476. The molecule has 0 saturated heterocycles. The zero-order valence-corrected chi connectivity index (χ0v) is 16.6. The van der Waals surface area contributed by atoms with E-state index < -0.39 is 5.91 Å². The molecule has 1 rings (SSSR count). The maximum Gasteiger partial charge on any atom is 0.267 e. The molecule has 0 aliphatic carbocycles. The maximum absolute atomic E-state index is 11.1. The summed E-state index contributed by atoms with van der Waals surface area (Å²) in [5.41, 5.74) is 11.3. The molecule has 0 unspecified atom stereocenters. The zero-order valence-electron chi connectivity index (χ0n) is 16.6. The molecule has 0 spiro atoms. The molecular formula is C21H34N4O2. The topological polar surface area (TPSA) is 90.6 Å². The zero-order chi connectivity index (χ0) is 20.1. The van der Waals surface area contributed by atoms with Gasteiger partial charge in [-0.2, -0.15) is 0 Å². The fourth-order valence-corrected chi connectivity index (χ4v) is 2.84. The van der Waals surface area contributed by atoms with Crippen molar-refractivity contribution in [3.05, 3.63) is 42.1 Å². The van der Waals surface area contributed by atoms with Crippen LogP contribution in [0, 0.1) is 0 Å². The summed E-state index contributed by atoms with van der Waals surface area (Å²) in [6, 6.07) is 5.67. The molecule has 0 bridgehead atoms. The lowest BCUT2D eigenvalue weighted by molar-refractivity contribution is -0.124. The van der Waals surface area contributed by atoms with Crippen molar-refractivity contribution in [2.75, 3.05) is 30.3 Å². The Balaban J connectivity index is 2.91. The first-order valence-corrected chi connectivity index (χ1v) is 9.71. The van der Waals surface area contributed by atoms with Gasteiger partial charge < -0.3 is 16.0 Å². The number of carbonyl (C=O) groups excluding carboxylic acids is 1. The number of nitrogens with zero attached hydrogens (tertiary/aromatic N) is 1. The number of nitrogens with two attached hydrogens (primary N) is 1. The van der Waals surface area contributed by atoms with Crippen LogP contribution in [0.2, 0.25) is 0 Å². The monoisotopic (exact) mass is 374 g/mol. The van der Waals surface area contributed by atoms with Crippen molar-refractivity contribution in [3.63, 3.8) is 0 Å². The highest BCUT2D eigenvalue weighted by atomic mass is 16.5. The van der Waals surface area contributed by atoms with Gasteiger partial charge in [0.2, 0.25) is 0 Å². The van der Waals surface area contributed by atoms with Crippen molar-refractivity contribution in [2.45, 2.75) is 46.0 Å². The summed E-state index contributed by atoms with van der Waals surface area (Å²) < 4.78 is 0. The normalized spacial score (nSPS) is 10.9. The van der Waals surface area contributed by atoms with Crippen LogP contribution < -0.4 is 21.4 Å². The highest BCUT2D eigenvalue weighted by molar-refractivity contribution is 5.91. The number of nitrogens with one attached hydrogen (secondary N) is 2. The molecule has 27 heavy (non-hydrogen) atoms. The summed E-state index contributed by atoms with van der Waals surface area (Å²) in [5, 5.41) is 11.9. The van der Waals surface area contributed by atoms with Crippen molar-refractivity contribution in [2.24, 2.45) is 0 Å². The Kier molecular flexibility index (Phi) is 10.9. The van der Waals surface area contributed by atoms with Crippen LogP contribution in [0.3, 0.4) is 0 Å². The van der Waals surface area contributed by atoms with Gasteiger partial charge in [-0.05, 0) is 43.2 Å². The second kappa shape index (κ2) is 12.9. The van der Waals surface area contributed by atoms with Crippen LogP contribution in [0.15, 0.2) is 36.6 Å². The molecule has 1 aromatic rings. The van der Waals surface area contributed by atoms with Gasteiger partial charge in [-0.25, -0.2) is 5.48 Å². The van der Waals surface area contributed by atoms with Crippen LogP contribution in [-0.2, 0) is 4.79 Å². The third-order valence-corrected chi connectivity index (χ3v) is 4.34. The molecule has 6 nitrogen and oxygen atoms in total. The number of carbonyl (C=O) groups is 1. The van der Waals surface area contributed by atoms with Crippen LogP contribution in [0.4, 0.5) is 11.4 Å². The van der Waals surface area contributed by atoms with Gasteiger partial charge in [-0.15, -0.1) is 0 Å². The minimum atomic E-state index is -0.578. The number of allylic oxidation sites excluding steroid dienone is 1. The Labute approximate surface area is 163 Å². The van der Waals surface area contributed by atoms with E-state index in [1.54, 1.807) is 11.6 Å². The number of benzene rings is 1. The highest BCUT2D eigenvalue weighted by Gasteiger charge is 2.13.